The van der Waals surface area contributed by atoms with Crippen molar-refractivity contribution >= 4 is 14.4 Å². The van der Waals surface area contributed by atoms with Gasteiger partial charge in [0.2, 0.25) is 0 Å². The van der Waals surface area contributed by atoms with E-state index >= 15 is 0 Å². The van der Waals surface area contributed by atoms with E-state index in [2.05, 4.69) is 8.86 Å². The maximum absolute atomic E-state index is 12.4. The van der Waals surface area contributed by atoms with Crippen LogP contribution in [0.2, 0.25) is 0 Å². The van der Waals surface area contributed by atoms with Crippen LogP contribution in [0.4, 0.5) is 4.39 Å². The third-order valence-corrected chi connectivity index (χ3v) is 2.37. The van der Waals surface area contributed by atoms with Crippen molar-refractivity contribution in [2.24, 2.45) is 5.92 Å². The first-order valence-electron chi connectivity index (χ1n) is 3.54. The van der Waals surface area contributed by atoms with Crippen molar-refractivity contribution in [2.75, 3.05) is 0 Å². The van der Waals surface area contributed by atoms with Gasteiger partial charge in [-0.15, -0.1) is 0 Å². The summed E-state index contributed by atoms with van der Waals surface area (Å²) in [5, 5.41) is 0. The summed E-state index contributed by atoms with van der Waals surface area (Å²) in [5.74, 6) is 0.218. The Morgan fingerprint density at radius 1 is 1.22 bits per heavy atom. The highest BCUT2D eigenvalue weighted by molar-refractivity contribution is 7.20. The van der Waals surface area contributed by atoms with Crippen LogP contribution in [0, 0.1) is 5.92 Å². The minimum atomic E-state index is -0.0466. The summed E-state index contributed by atoms with van der Waals surface area (Å²) in [6.45, 7) is 0. The first-order valence-corrected chi connectivity index (χ1v) is 4.04. The largest absolute Gasteiger partial charge is 0.207 e. The predicted molar refractivity (Wildman–Crippen MR) is 41.0 cm³/mol. The van der Waals surface area contributed by atoms with Gasteiger partial charge in [0.05, 0.1) is 0 Å². The van der Waals surface area contributed by atoms with Gasteiger partial charge < -0.3 is 0 Å². The van der Waals surface area contributed by atoms with Crippen LogP contribution in [0.25, 0.3) is 0 Å². The Kier molecular flexibility index (Phi) is 2.65. The number of hydrogen-bond acceptors (Lipinski definition) is 0. The first kappa shape index (κ1) is 7.21. The van der Waals surface area contributed by atoms with Crippen LogP contribution in [-0.4, -0.2) is 5.55 Å². The molecule has 52 valence electrons. The molecule has 0 nitrogen and oxygen atoms in total. The molecule has 0 aromatic rings. The van der Waals surface area contributed by atoms with Crippen LogP contribution in [-0.2, 0) is 0 Å². The van der Waals surface area contributed by atoms with Gasteiger partial charge in [0, 0.05) is 5.92 Å². The molecule has 0 N–H and O–H groups in total. The lowest BCUT2D eigenvalue weighted by atomic mass is 9.90. The Balaban J connectivity index is 2.31. The van der Waals surface area contributed by atoms with Crippen LogP contribution in [0.1, 0.15) is 32.1 Å². The number of hydrogen-bond donors (Lipinski definition) is 0. The van der Waals surface area contributed by atoms with Crippen LogP contribution < -0.4 is 0 Å². The highest BCUT2D eigenvalue weighted by atomic mass is 31.0. The van der Waals surface area contributed by atoms with Gasteiger partial charge in [0.25, 0.3) is 0 Å². The second-order valence-corrected chi connectivity index (χ2v) is 3.16. The second-order valence-electron chi connectivity index (χ2n) is 2.68. The maximum Gasteiger partial charge on any atom is 0.122 e. The summed E-state index contributed by atoms with van der Waals surface area (Å²) in [5.41, 5.74) is -0.0466. The van der Waals surface area contributed by atoms with Crippen molar-refractivity contribution in [1.82, 2.24) is 0 Å². The van der Waals surface area contributed by atoms with Crippen LogP contribution in [0.5, 0.6) is 0 Å². The van der Waals surface area contributed by atoms with E-state index in [9.17, 15) is 4.39 Å². The zero-order valence-corrected chi connectivity index (χ0v) is 6.49. The maximum atomic E-state index is 12.4. The molecule has 0 atom stereocenters. The SMILES string of the molecule is FC(=P)C1CCCCC1. The molecule has 0 bridgehead atoms. The molecule has 0 unspecified atom stereocenters. The molecule has 1 fully saturated rings. The second kappa shape index (κ2) is 3.31. The molecule has 0 saturated heterocycles. The zero-order valence-electron chi connectivity index (χ0n) is 5.49. The van der Waals surface area contributed by atoms with Gasteiger partial charge in [-0.1, -0.05) is 28.1 Å². The van der Waals surface area contributed by atoms with Crippen molar-refractivity contribution in [3.05, 3.63) is 0 Å². The number of rotatable bonds is 1. The summed E-state index contributed by atoms with van der Waals surface area (Å²) in [7, 11) is 2.93. The van der Waals surface area contributed by atoms with E-state index in [1.165, 1.54) is 19.3 Å². The molecular weight excluding hydrogens is 134 g/mol. The summed E-state index contributed by atoms with van der Waals surface area (Å²) in [4.78, 5) is 0. The molecule has 0 aromatic carbocycles. The van der Waals surface area contributed by atoms with E-state index in [4.69, 9.17) is 0 Å². The molecule has 0 aromatic heterocycles. The monoisotopic (exact) mass is 146 g/mol. The van der Waals surface area contributed by atoms with Crippen LogP contribution in [0.3, 0.4) is 0 Å². The van der Waals surface area contributed by atoms with Crippen molar-refractivity contribution in [2.45, 2.75) is 32.1 Å². The van der Waals surface area contributed by atoms with Crippen molar-refractivity contribution in [3.63, 3.8) is 0 Å². The zero-order chi connectivity index (χ0) is 6.69. The fraction of sp³-hybridized carbons (Fsp3) is 0.857. The van der Waals surface area contributed by atoms with Gasteiger partial charge in [-0.3, -0.25) is 0 Å². The van der Waals surface area contributed by atoms with Crippen molar-refractivity contribution in [1.29, 1.82) is 0 Å². The Bertz CT molecular complexity index is 105. The summed E-state index contributed by atoms with van der Waals surface area (Å²) >= 11 is 0. The summed E-state index contributed by atoms with van der Waals surface area (Å²) in [6.07, 6.45) is 5.76. The first-order chi connectivity index (χ1) is 4.30. The third-order valence-electron chi connectivity index (χ3n) is 1.96. The van der Waals surface area contributed by atoms with Crippen molar-refractivity contribution in [3.8, 4) is 0 Å². The van der Waals surface area contributed by atoms with Gasteiger partial charge in [-0.25, -0.2) is 4.39 Å². The Morgan fingerprint density at radius 3 is 2.11 bits per heavy atom. The predicted octanol–water partition coefficient (Wildman–Crippen LogP) is 2.81. The molecule has 1 saturated carbocycles. The normalized spacial score (nSPS) is 21.9. The molecule has 1 aliphatic rings. The molecule has 0 amide bonds. The molecule has 0 heterocycles. The highest BCUT2D eigenvalue weighted by Gasteiger charge is 2.15. The minimum Gasteiger partial charge on any atom is -0.207 e. The molecule has 0 aliphatic heterocycles. The van der Waals surface area contributed by atoms with Gasteiger partial charge in [-0.2, -0.15) is 0 Å². The summed E-state index contributed by atoms with van der Waals surface area (Å²) in [6, 6.07) is 0. The van der Waals surface area contributed by atoms with E-state index < -0.39 is 0 Å². The van der Waals surface area contributed by atoms with Gasteiger partial charge in [0.15, 0.2) is 0 Å². The highest BCUT2D eigenvalue weighted by Crippen LogP contribution is 2.25. The van der Waals surface area contributed by atoms with E-state index in [0.29, 0.717) is 0 Å². The lowest BCUT2D eigenvalue weighted by Gasteiger charge is -2.18. The molecule has 1 rings (SSSR count). The van der Waals surface area contributed by atoms with Crippen molar-refractivity contribution < 1.29 is 4.39 Å². The quantitative estimate of drug-likeness (QED) is 0.499. The Hall–Kier alpha value is 0.100. The fourth-order valence-electron chi connectivity index (χ4n) is 1.36. The van der Waals surface area contributed by atoms with Crippen LogP contribution in [0.15, 0.2) is 0 Å². The third kappa shape index (κ3) is 2.06. The average Bonchev–Trinajstić information content (AvgIpc) is 1.90. The average molecular weight is 146 g/mol. The van der Waals surface area contributed by atoms with Gasteiger partial charge in [-0.05, 0) is 12.8 Å². The summed E-state index contributed by atoms with van der Waals surface area (Å²) < 4.78 is 12.4. The standard InChI is InChI=1S/C7H12FP/c8-7(9)6-4-2-1-3-5-6/h6,9H,1-5H2. The molecule has 9 heavy (non-hydrogen) atoms. The Labute approximate surface area is 57.7 Å². The van der Waals surface area contributed by atoms with E-state index in [0.717, 1.165) is 12.8 Å². The topological polar surface area (TPSA) is 0 Å². The molecule has 0 spiro atoms. The minimum absolute atomic E-state index is 0.0466. The van der Waals surface area contributed by atoms with Gasteiger partial charge >= 0.3 is 0 Å². The van der Waals surface area contributed by atoms with Gasteiger partial charge in [0.1, 0.15) is 5.55 Å². The Morgan fingerprint density at radius 2 is 1.78 bits per heavy atom. The smallest absolute Gasteiger partial charge is 0.122 e. The molecule has 1 aliphatic carbocycles. The molecular formula is C7H12FP. The van der Waals surface area contributed by atoms with E-state index in [1.54, 1.807) is 0 Å². The fourth-order valence-corrected chi connectivity index (χ4v) is 1.64. The van der Waals surface area contributed by atoms with E-state index in [-0.39, 0.29) is 11.5 Å². The number of halogens is 1. The lowest BCUT2D eigenvalue weighted by Crippen LogP contribution is -2.11. The molecule has 2 heteroatoms. The van der Waals surface area contributed by atoms with E-state index in [1.807, 2.05) is 0 Å². The van der Waals surface area contributed by atoms with Crippen LogP contribution >= 0.6 is 8.86 Å². The lowest BCUT2D eigenvalue weighted by molar-refractivity contribution is 0.423. The molecule has 0 radical (unpaired) electrons.